The zero-order valence-electron chi connectivity index (χ0n) is 19.6. The Morgan fingerprint density at radius 1 is 0.969 bits per heavy atom. The molecule has 4 nitrogen and oxygen atoms in total. The summed E-state index contributed by atoms with van der Waals surface area (Å²) in [6.07, 6.45) is 1.88. The molecule has 0 spiro atoms. The monoisotopic (exact) mass is 494 g/mol. The van der Waals surface area contributed by atoms with Gasteiger partial charge in [0.2, 0.25) is 5.91 Å². The minimum Gasteiger partial charge on any atom is -0.507 e. The van der Waals surface area contributed by atoms with Crippen LogP contribution in [0.3, 0.4) is 0 Å². The van der Waals surface area contributed by atoms with Crippen molar-refractivity contribution in [3.63, 3.8) is 0 Å². The van der Waals surface area contributed by atoms with Gasteiger partial charge >= 0.3 is 0 Å². The van der Waals surface area contributed by atoms with Crippen LogP contribution in [0.25, 0.3) is 10.8 Å². The summed E-state index contributed by atoms with van der Waals surface area (Å²) in [5, 5.41) is 17.2. The third-order valence-electron chi connectivity index (χ3n) is 5.46. The number of nitrogens with zero attached hydrogens (tertiary/aromatic N) is 1. The summed E-state index contributed by atoms with van der Waals surface area (Å²) >= 11 is 3.57. The summed E-state index contributed by atoms with van der Waals surface area (Å²) in [4.78, 5) is 12.6. The zero-order chi connectivity index (χ0) is 23.7. The van der Waals surface area contributed by atoms with E-state index in [1.54, 1.807) is 6.21 Å². The van der Waals surface area contributed by atoms with Crippen LogP contribution >= 0.6 is 15.9 Å². The maximum atomic E-state index is 12.6. The van der Waals surface area contributed by atoms with Crippen molar-refractivity contribution in [3.05, 3.63) is 75.3 Å². The molecule has 0 aromatic heterocycles. The van der Waals surface area contributed by atoms with Gasteiger partial charge in [0.1, 0.15) is 5.75 Å². The quantitative estimate of drug-likeness (QED) is 0.317. The molecule has 0 aliphatic carbocycles. The molecule has 3 aromatic rings. The van der Waals surface area contributed by atoms with Crippen molar-refractivity contribution >= 4 is 38.8 Å². The number of hydrazone groups is 1. The standard InChI is InChI=1S/C27H31BrN2O2/c1-26(2,3)21-13-17(14-22(25(21)32)27(4,5)6)16-29-30-24(31)15-18-11-12-23(28)20-10-8-7-9-19(18)20/h7-14,16,32H,15H2,1-6H3,(H,30,31). The molecule has 5 heteroatoms. The van der Waals surface area contributed by atoms with E-state index < -0.39 is 0 Å². The Labute approximate surface area is 198 Å². The van der Waals surface area contributed by atoms with E-state index in [0.29, 0.717) is 5.75 Å². The predicted molar refractivity (Wildman–Crippen MR) is 137 cm³/mol. The second kappa shape index (κ2) is 9.07. The number of carbonyl (C=O) groups excluding carboxylic acids is 1. The fraction of sp³-hybridized carbons (Fsp3) is 0.333. The number of amides is 1. The molecule has 0 aliphatic heterocycles. The van der Waals surface area contributed by atoms with Crippen LogP contribution in [0.5, 0.6) is 5.75 Å². The normalized spacial score (nSPS) is 12.5. The lowest BCUT2D eigenvalue weighted by atomic mass is 9.78. The van der Waals surface area contributed by atoms with Gasteiger partial charge in [0.15, 0.2) is 0 Å². The van der Waals surface area contributed by atoms with Crippen molar-refractivity contribution in [2.45, 2.75) is 58.8 Å². The second-order valence-corrected chi connectivity index (χ2v) is 11.0. The Morgan fingerprint density at radius 3 is 2.09 bits per heavy atom. The van der Waals surface area contributed by atoms with Crippen molar-refractivity contribution in [2.24, 2.45) is 5.10 Å². The molecule has 1 amide bonds. The lowest BCUT2D eigenvalue weighted by Crippen LogP contribution is -2.20. The molecule has 0 aliphatic rings. The molecule has 3 rings (SSSR count). The summed E-state index contributed by atoms with van der Waals surface area (Å²) in [5.41, 5.74) is 5.71. The van der Waals surface area contributed by atoms with E-state index in [2.05, 4.69) is 68.0 Å². The maximum Gasteiger partial charge on any atom is 0.244 e. The molecule has 0 atom stereocenters. The first-order valence-corrected chi connectivity index (χ1v) is 11.5. The van der Waals surface area contributed by atoms with E-state index in [4.69, 9.17) is 0 Å². The molecule has 2 N–H and O–H groups in total. The molecule has 168 valence electrons. The van der Waals surface area contributed by atoms with Crippen molar-refractivity contribution in [3.8, 4) is 5.75 Å². The van der Waals surface area contributed by atoms with Crippen molar-refractivity contribution in [1.29, 1.82) is 0 Å². The van der Waals surface area contributed by atoms with E-state index in [1.807, 2.05) is 48.5 Å². The number of hydrogen-bond acceptors (Lipinski definition) is 3. The first kappa shape index (κ1) is 24.0. The van der Waals surface area contributed by atoms with Crippen molar-refractivity contribution < 1.29 is 9.90 Å². The summed E-state index contributed by atoms with van der Waals surface area (Å²) in [7, 11) is 0. The number of carbonyl (C=O) groups is 1. The number of phenols is 1. The molecule has 0 bridgehead atoms. The first-order valence-electron chi connectivity index (χ1n) is 10.7. The summed E-state index contributed by atoms with van der Waals surface area (Å²) in [5.74, 6) is 0.146. The highest BCUT2D eigenvalue weighted by Gasteiger charge is 2.26. The molecular weight excluding hydrogens is 464 g/mol. The first-order chi connectivity index (χ1) is 14.9. The second-order valence-electron chi connectivity index (χ2n) is 10.2. The van der Waals surface area contributed by atoms with Gasteiger partial charge in [-0.15, -0.1) is 0 Å². The average molecular weight is 495 g/mol. The maximum absolute atomic E-state index is 12.6. The van der Waals surface area contributed by atoms with E-state index >= 15 is 0 Å². The van der Waals surface area contributed by atoms with Gasteiger partial charge in [0.25, 0.3) is 0 Å². The number of rotatable bonds is 4. The van der Waals surface area contributed by atoms with Gasteiger partial charge in [-0.05, 0) is 50.9 Å². The minimum atomic E-state index is -0.222. The molecule has 3 aromatic carbocycles. The van der Waals surface area contributed by atoms with E-state index in [-0.39, 0.29) is 23.2 Å². The summed E-state index contributed by atoms with van der Waals surface area (Å²) < 4.78 is 1.01. The Balaban J connectivity index is 1.82. The van der Waals surface area contributed by atoms with Crippen LogP contribution < -0.4 is 5.43 Å². The topological polar surface area (TPSA) is 61.7 Å². The number of nitrogens with one attached hydrogen (secondary N) is 1. The fourth-order valence-corrected chi connectivity index (χ4v) is 4.22. The Kier molecular flexibility index (Phi) is 6.80. The number of aromatic hydroxyl groups is 1. The molecule has 32 heavy (non-hydrogen) atoms. The highest BCUT2D eigenvalue weighted by atomic mass is 79.9. The van der Waals surface area contributed by atoms with Gasteiger partial charge in [0.05, 0.1) is 12.6 Å². The van der Waals surface area contributed by atoms with Gasteiger partial charge in [-0.3, -0.25) is 4.79 Å². The van der Waals surface area contributed by atoms with Crippen molar-refractivity contribution in [1.82, 2.24) is 5.43 Å². The number of halogens is 1. The fourth-order valence-electron chi connectivity index (χ4n) is 3.74. The molecule has 0 heterocycles. The lowest BCUT2D eigenvalue weighted by molar-refractivity contribution is -0.120. The number of fused-ring (bicyclic) bond motifs is 1. The molecule has 0 unspecified atom stereocenters. The molecule has 0 saturated heterocycles. The SMILES string of the molecule is CC(C)(C)c1cc(C=NNC(=O)Cc2ccc(Br)c3ccccc23)cc(C(C)(C)C)c1O. The minimum absolute atomic E-state index is 0.181. The van der Waals surface area contributed by atoms with E-state index in [9.17, 15) is 9.90 Å². The lowest BCUT2D eigenvalue weighted by Gasteiger charge is -2.27. The van der Waals surface area contributed by atoms with Gasteiger partial charge in [0, 0.05) is 15.6 Å². The van der Waals surface area contributed by atoms with E-state index in [1.165, 1.54) is 0 Å². The van der Waals surface area contributed by atoms with Crippen LogP contribution in [0.4, 0.5) is 0 Å². The third-order valence-corrected chi connectivity index (χ3v) is 6.15. The highest BCUT2D eigenvalue weighted by Crippen LogP contribution is 2.39. The van der Waals surface area contributed by atoms with Crippen LogP contribution in [-0.2, 0) is 22.0 Å². The van der Waals surface area contributed by atoms with Crippen LogP contribution in [0.2, 0.25) is 0 Å². The zero-order valence-corrected chi connectivity index (χ0v) is 21.2. The number of hydrogen-bond donors (Lipinski definition) is 2. The van der Waals surface area contributed by atoms with Gasteiger partial charge in [-0.1, -0.05) is 87.8 Å². The number of benzene rings is 3. The van der Waals surface area contributed by atoms with Crippen LogP contribution in [0, 0.1) is 0 Å². The Morgan fingerprint density at radius 2 is 1.53 bits per heavy atom. The largest absolute Gasteiger partial charge is 0.507 e. The van der Waals surface area contributed by atoms with Gasteiger partial charge in [-0.25, -0.2) is 5.43 Å². The third kappa shape index (κ3) is 5.39. The Bertz CT molecular complexity index is 1150. The highest BCUT2D eigenvalue weighted by molar-refractivity contribution is 9.10. The Hall–Kier alpha value is -2.66. The average Bonchev–Trinajstić information content (AvgIpc) is 2.69. The molecular formula is C27H31BrN2O2. The van der Waals surface area contributed by atoms with E-state index in [0.717, 1.165) is 37.5 Å². The van der Waals surface area contributed by atoms with Crippen LogP contribution in [0.1, 0.15) is 63.8 Å². The van der Waals surface area contributed by atoms with Crippen molar-refractivity contribution in [2.75, 3.05) is 0 Å². The molecule has 0 fully saturated rings. The smallest absolute Gasteiger partial charge is 0.244 e. The van der Waals surface area contributed by atoms with Crippen LogP contribution in [-0.4, -0.2) is 17.2 Å². The molecule has 0 radical (unpaired) electrons. The van der Waals surface area contributed by atoms with Gasteiger partial charge < -0.3 is 5.11 Å². The molecule has 0 saturated carbocycles. The van der Waals surface area contributed by atoms with Gasteiger partial charge in [-0.2, -0.15) is 5.10 Å². The number of phenolic OH excluding ortho intramolecular Hbond substituents is 1. The summed E-state index contributed by atoms with van der Waals surface area (Å²) in [6, 6.07) is 15.8. The summed E-state index contributed by atoms with van der Waals surface area (Å²) in [6.45, 7) is 12.4. The van der Waals surface area contributed by atoms with Crippen LogP contribution in [0.15, 0.2) is 58.1 Å². The predicted octanol–water partition coefficient (Wildman–Crippen LogP) is 6.60.